The fourth-order valence-electron chi connectivity index (χ4n) is 1.76. The van der Waals surface area contributed by atoms with Gasteiger partial charge in [0.2, 0.25) is 0 Å². The van der Waals surface area contributed by atoms with Crippen molar-refractivity contribution in [2.45, 2.75) is 32.1 Å². The van der Waals surface area contributed by atoms with Crippen LogP contribution in [-0.2, 0) is 19.0 Å². The van der Waals surface area contributed by atoms with Gasteiger partial charge in [0.1, 0.15) is 0 Å². The molecule has 0 radical (unpaired) electrons. The predicted molar refractivity (Wildman–Crippen MR) is 55.4 cm³/mol. The highest BCUT2D eigenvalue weighted by Crippen LogP contribution is 2.24. The molecule has 0 N–H and O–H groups in total. The zero-order chi connectivity index (χ0) is 10.9. The van der Waals surface area contributed by atoms with Crippen molar-refractivity contribution in [1.29, 1.82) is 0 Å². The standard InChI is InChI=1S/C11H20O4/c1-13-7-8-14-9-15-11(12)10-5-3-2-4-6-10/h10H,2-9H2,1H3. The van der Waals surface area contributed by atoms with Gasteiger partial charge < -0.3 is 14.2 Å². The van der Waals surface area contributed by atoms with Crippen molar-refractivity contribution in [2.75, 3.05) is 27.1 Å². The van der Waals surface area contributed by atoms with Gasteiger partial charge in [-0.2, -0.15) is 0 Å². The Bertz CT molecular complexity index is 175. The van der Waals surface area contributed by atoms with Crippen LogP contribution in [0, 0.1) is 5.92 Å². The van der Waals surface area contributed by atoms with E-state index in [1.54, 1.807) is 7.11 Å². The topological polar surface area (TPSA) is 44.8 Å². The molecule has 0 unspecified atom stereocenters. The van der Waals surface area contributed by atoms with Gasteiger partial charge in [-0.15, -0.1) is 0 Å². The molecule has 0 aromatic heterocycles. The van der Waals surface area contributed by atoms with Crippen molar-refractivity contribution in [3.63, 3.8) is 0 Å². The summed E-state index contributed by atoms with van der Waals surface area (Å²) in [5.74, 6) is -0.00288. The molecule has 0 aromatic carbocycles. The molecule has 0 amide bonds. The SMILES string of the molecule is COCCOCOC(=O)C1CCCCC1. The molecule has 1 saturated carbocycles. The largest absolute Gasteiger partial charge is 0.438 e. The van der Waals surface area contributed by atoms with Crippen LogP contribution in [-0.4, -0.2) is 33.1 Å². The molecule has 0 bridgehead atoms. The molecule has 1 aliphatic rings. The zero-order valence-corrected chi connectivity index (χ0v) is 9.37. The van der Waals surface area contributed by atoms with Crippen LogP contribution in [0.25, 0.3) is 0 Å². The summed E-state index contributed by atoms with van der Waals surface area (Å²) < 4.78 is 14.9. The highest BCUT2D eigenvalue weighted by Gasteiger charge is 2.22. The van der Waals surface area contributed by atoms with Crippen LogP contribution in [0.4, 0.5) is 0 Å². The Balaban J connectivity index is 2.02. The highest BCUT2D eigenvalue weighted by molar-refractivity contribution is 5.72. The van der Waals surface area contributed by atoms with Crippen LogP contribution in [0.3, 0.4) is 0 Å². The molecule has 1 rings (SSSR count). The van der Waals surface area contributed by atoms with Gasteiger partial charge in [0.15, 0.2) is 6.79 Å². The van der Waals surface area contributed by atoms with E-state index < -0.39 is 0 Å². The normalized spacial score (nSPS) is 17.7. The lowest BCUT2D eigenvalue weighted by Gasteiger charge is -2.19. The summed E-state index contributed by atoms with van der Waals surface area (Å²) in [6.07, 6.45) is 5.47. The van der Waals surface area contributed by atoms with E-state index >= 15 is 0 Å². The Hall–Kier alpha value is -0.610. The Morgan fingerprint density at radius 3 is 2.60 bits per heavy atom. The first-order valence-electron chi connectivity index (χ1n) is 5.58. The summed E-state index contributed by atoms with van der Waals surface area (Å²) in [4.78, 5) is 11.5. The van der Waals surface area contributed by atoms with Crippen LogP contribution >= 0.6 is 0 Å². The third-order valence-electron chi connectivity index (χ3n) is 2.65. The van der Waals surface area contributed by atoms with Crippen molar-refractivity contribution in [2.24, 2.45) is 5.92 Å². The van der Waals surface area contributed by atoms with Gasteiger partial charge in [0.05, 0.1) is 19.1 Å². The van der Waals surface area contributed by atoms with E-state index in [4.69, 9.17) is 14.2 Å². The zero-order valence-electron chi connectivity index (χ0n) is 9.37. The van der Waals surface area contributed by atoms with Crippen molar-refractivity contribution in [3.8, 4) is 0 Å². The van der Waals surface area contributed by atoms with E-state index in [1.807, 2.05) is 0 Å². The number of carbonyl (C=O) groups excluding carboxylic acids is 1. The Morgan fingerprint density at radius 1 is 1.20 bits per heavy atom. The number of esters is 1. The monoisotopic (exact) mass is 216 g/mol. The fraction of sp³-hybridized carbons (Fsp3) is 0.909. The molecule has 0 aromatic rings. The van der Waals surface area contributed by atoms with Crippen LogP contribution in [0.5, 0.6) is 0 Å². The summed E-state index contributed by atoms with van der Waals surface area (Å²) in [6, 6.07) is 0. The number of rotatable bonds is 6. The minimum atomic E-state index is -0.105. The molecule has 0 atom stereocenters. The van der Waals surface area contributed by atoms with E-state index in [1.165, 1.54) is 6.42 Å². The van der Waals surface area contributed by atoms with Gasteiger partial charge in [-0.3, -0.25) is 4.79 Å². The first kappa shape index (κ1) is 12.5. The third-order valence-corrected chi connectivity index (χ3v) is 2.65. The van der Waals surface area contributed by atoms with Gasteiger partial charge in [0.25, 0.3) is 0 Å². The van der Waals surface area contributed by atoms with Crippen LogP contribution in [0.1, 0.15) is 32.1 Å². The molecule has 0 heterocycles. The van der Waals surface area contributed by atoms with E-state index in [-0.39, 0.29) is 18.7 Å². The summed E-state index contributed by atoms with van der Waals surface area (Å²) in [5, 5.41) is 0. The molecule has 1 aliphatic carbocycles. The quantitative estimate of drug-likeness (QED) is 0.385. The number of hydrogen-bond acceptors (Lipinski definition) is 4. The lowest BCUT2D eigenvalue weighted by Crippen LogP contribution is -2.21. The lowest BCUT2D eigenvalue weighted by molar-refractivity contribution is -0.163. The van der Waals surface area contributed by atoms with E-state index in [2.05, 4.69) is 0 Å². The van der Waals surface area contributed by atoms with E-state index in [9.17, 15) is 4.79 Å². The maximum Gasteiger partial charge on any atom is 0.311 e. The molecule has 4 heteroatoms. The van der Waals surface area contributed by atoms with E-state index in [0.717, 1.165) is 25.7 Å². The first-order valence-corrected chi connectivity index (χ1v) is 5.58. The van der Waals surface area contributed by atoms with Crippen molar-refractivity contribution >= 4 is 5.97 Å². The first-order chi connectivity index (χ1) is 7.34. The maximum atomic E-state index is 11.5. The smallest absolute Gasteiger partial charge is 0.311 e. The van der Waals surface area contributed by atoms with Crippen LogP contribution in [0.2, 0.25) is 0 Å². The number of hydrogen-bond donors (Lipinski definition) is 0. The van der Waals surface area contributed by atoms with Gasteiger partial charge in [0, 0.05) is 7.11 Å². The van der Waals surface area contributed by atoms with Crippen molar-refractivity contribution in [3.05, 3.63) is 0 Å². The lowest BCUT2D eigenvalue weighted by atomic mass is 9.89. The second-order valence-electron chi connectivity index (χ2n) is 3.82. The molecule has 4 nitrogen and oxygen atoms in total. The van der Waals surface area contributed by atoms with Crippen molar-refractivity contribution < 1.29 is 19.0 Å². The minimum Gasteiger partial charge on any atom is -0.438 e. The second-order valence-corrected chi connectivity index (χ2v) is 3.82. The summed E-state index contributed by atoms with van der Waals surface area (Å²) in [5.41, 5.74) is 0. The van der Waals surface area contributed by atoms with Crippen molar-refractivity contribution in [1.82, 2.24) is 0 Å². The third kappa shape index (κ3) is 5.14. The maximum absolute atomic E-state index is 11.5. The van der Waals surface area contributed by atoms with Gasteiger partial charge in [-0.05, 0) is 12.8 Å². The predicted octanol–water partition coefficient (Wildman–Crippen LogP) is 1.73. The van der Waals surface area contributed by atoms with Gasteiger partial charge in [-0.1, -0.05) is 19.3 Å². The average Bonchev–Trinajstić information content (AvgIpc) is 2.30. The van der Waals surface area contributed by atoms with Crippen LogP contribution in [0.15, 0.2) is 0 Å². The second kappa shape index (κ2) is 7.65. The summed E-state index contributed by atoms with van der Waals surface area (Å²) in [6.45, 7) is 1.05. The van der Waals surface area contributed by atoms with Crippen LogP contribution < -0.4 is 0 Å². The molecule has 1 fully saturated rings. The minimum absolute atomic E-state index is 0.0543. The molecule has 0 aliphatic heterocycles. The number of carbonyl (C=O) groups is 1. The Kier molecular flexibility index (Phi) is 6.36. The number of methoxy groups -OCH3 is 1. The molecule has 0 saturated heterocycles. The summed E-state index contributed by atoms with van der Waals surface area (Å²) in [7, 11) is 1.61. The summed E-state index contributed by atoms with van der Waals surface area (Å²) >= 11 is 0. The molecule has 15 heavy (non-hydrogen) atoms. The Morgan fingerprint density at radius 2 is 1.93 bits per heavy atom. The molecule has 0 spiro atoms. The molecular weight excluding hydrogens is 196 g/mol. The average molecular weight is 216 g/mol. The highest BCUT2D eigenvalue weighted by atomic mass is 16.7. The Labute approximate surface area is 90.9 Å². The molecular formula is C11H20O4. The van der Waals surface area contributed by atoms with E-state index in [0.29, 0.717) is 13.2 Å². The fourth-order valence-corrected chi connectivity index (χ4v) is 1.76. The van der Waals surface area contributed by atoms with Gasteiger partial charge >= 0.3 is 5.97 Å². The molecule has 88 valence electrons. The van der Waals surface area contributed by atoms with Gasteiger partial charge in [-0.25, -0.2) is 0 Å². The number of ether oxygens (including phenoxy) is 3.